The molecule has 7 rings (SSSR count). The van der Waals surface area contributed by atoms with Gasteiger partial charge in [0, 0.05) is 87.4 Å². The van der Waals surface area contributed by atoms with Gasteiger partial charge in [-0.3, -0.25) is 14.5 Å². The zero-order chi connectivity index (χ0) is 32.9. The maximum absolute atomic E-state index is 14.5. The summed E-state index contributed by atoms with van der Waals surface area (Å²) in [6.07, 6.45) is 8.18. The summed E-state index contributed by atoms with van der Waals surface area (Å²) in [5, 5.41) is 7.96. The number of alkyl halides is 3. The molecule has 0 saturated heterocycles. The molecule has 240 valence electrons. The number of amides is 1. The Kier molecular flexibility index (Phi) is 7.53. The Bertz CT molecular complexity index is 2110. The highest BCUT2D eigenvalue weighted by molar-refractivity contribution is 6.13. The number of carbonyl (C=O) groups excluding carboxylic acids is 1. The summed E-state index contributed by atoms with van der Waals surface area (Å²) < 4.78 is 47.4. The van der Waals surface area contributed by atoms with Gasteiger partial charge in [0.1, 0.15) is 0 Å². The number of benzene rings is 2. The van der Waals surface area contributed by atoms with Crippen LogP contribution in [0.15, 0.2) is 73.8 Å². The number of nitrogens with one attached hydrogen (secondary N) is 1. The summed E-state index contributed by atoms with van der Waals surface area (Å²) in [6.45, 7) is 3.18. The zero-order valence-electron chi connectivity index (χ0n) is 26.1. The van der Waals surface area contributed by atoms with Crippen molar-refractivity contribution in [3.05, 3.63) is 107 Å². The largest absolute Gasteiger partial charge is 0.435 e. The molecule has 0 bridgehead atoms. The van der Waals surface area contributed by atoms with Crippen molar-refractivity contribution in [2.24, 2.45) is 14.1 Å². The van der Waals surface area contributed by atoms with Gasteiger partial charge in [-0.1, -0.05) is 13.0 Å². The molecule has 47 heavy (non-hydrogen) atoms. The Morgan fingerprint density at radius 1 is 0.957 bits per heavy atom. The van der Waals surface area contributed by atoms with Crippen molar-refractivity contribution in [3.8, 4) is 11.1 Å². The fourth-order valence-corrected chi connectivity index (χ4v) is 6.37. The second kappa shape index (κ2) is 11.7. The highest BCUT2D eigenvalue weighted by Gasteiger charge is 2.39. The molecular formula is C34H32F3N9O. The number of pyridine rings is 1. The third kappa shape index (κ3) is 5.62. The molecule has 0 saturated carbocycles. The molecule has 1 aliphatic heterocycles. The molecule has 0 radical (unpaired) electrons. The van der Waals surface area contributed by atoms with Crippen LogP contribution < -0.4 is 10.2 Å². The Morgan fingerprint density at radius 3 is 2.51 bits per heavy atom. The first-order chi connectivity index (χ1) is 22.6. The average Bonchev–Trinajstić information content (AvgIpc) is 3.81. The van der Waals surface area contributed by atoms with Crippen molar-refractivity contribution in [1.82, 2.24) is 33.9 Å². The van der Waals surface area contributed by atoms with Gasteiger partial charge in [0.25, 0.3) is 5.91 Å². The smallest absolute Gasteiger partial charge is 0.352 e. The highest BCUT2D eigenvalue weighted by atomic mass is 19.4. The van der Waals surface area contributed by atoms with Crippen LogP contribution in [0.3, 0.4) is 0 Å². The number of aromatic nitrogens is 7. The standard InChI is InChI=1S/C34H32F3N9O/c1-4-21-13-23(17-41-33-40-9-11-43(33)2)30-27(14-21)29(5-7-39-30)46-10-6-24-25(28-19-44(3)42-31(28)34(35,36)37)15-22(16-26(24)32(46)47)18-45-12-8-38-20-45/h5,7-9,11-16,19-20H,4,6,10,17-18H2,1-3H3,(H,40,41). The minimum atomic E-state index is -4.66. The zero-order valence-corrected chi connectivity index (χ0v) is 26.1. The number of carbonyl (C=O) groups is 1. The van der Waals surface area contributed by atoms with E-state index in [1.54, 1.807) is 48.1 Å². The molecule has 4 aromatic heterocycles. The minimum Gasteiger partial charge on any atom is -0.352 e. The molecule has 6 aromatic rings. The van der Waals surface area contributed by atoms with Gasteiger partial charge < -0.3 is 19.4 Å². The molecule has 2 aromatic carbocycles. The maximum atomic E-state index is 14.5. The van der Waals surface area contributed by atoms with Crippen molar-refractivity contribution < 1.29 is 18.0 Å². The van der Waals surface area contributed by atoms with E-state index in [4.69, 9.17) is 4.98 Å². The van der Waals surface area contributed by atoms with Crippen LogP contribution in [0.4, 0.5) is 24.8 Å². The van der Waals surface area contributed by atoms with Gasteiger partial charge in [0.2, 0.25) is 5.95 Å². The van der Waals surface area contributed by atoms with Gasteiger partial charge in [-0.2, -0.15) is 18.3 Å². The number of nitrogens with zero attached hydrogens (tertiary/aromatic N) is 8. The van der Waals surface area contributed by atoms with E-state index < -0.39 is 11.9 Å². The topological polar surface area (TPSA) is 98.7 Å². The Labute approximate surface area is 268 Å². The number of rotatable bonds is 8. The van der Waals surface area contributed by atoms with Gasteiger partial charge in [-0.15, -0.1) is 0 Å². The molecule has 10 nitrogen and oxygen atoms in total. The van der Waals surface area contributed by atoms with E-state index in [1.807, 2.05) is 28.4 Å². The van der Waals surface area contributed by atoms with Gasteiger partial charge in [-0.05, 0) is 64.9 Å². The first-order valence-electron chi connectivity index (χ1n) is 15.3. The molecule has 5 heterocycles. The van der Waals surface area contributed by atoms with Crippen molar-refractivity contribution in [1.29, 1.82) is 0 Å². The van der Waals surface area contributed by atoms with Crippen LogP contribution in [-0.2, 0) is 46.2 Å². The minimum absolute atomic E-state index is 0.0446. The predicted octanol–water partition coefficient (Wildman–Crippen LogP) is 6.01. The number of fused-ring (bicyclic) bond motifs is 2. The molecule has 0 unspecified atom stereocenters. The number of aryl methyl sites for hydroxylation is 3. The normalized spacial score (nSPS) is 13.4. The second-order valence-electron chi connectivity index (χ2n) is 11.7. The van der Waals surface area contributed by atoms with Crippen LogP contribution in [-0.4, -0.2) is 46.3 Å². The van der Waals surface area contributed by atoms with E-state index in [1.165, 1.54) is 17.9 Å². The van der Waals surface area contributed by atoms with E-state index in [2.05, 4.69) is 39.4 Å². The third-order valence-electron chi connectivity index (χ3n) is 8.60. The average molecular weight is 640 g/mol. The number of imidazole rings is 2. The van der Waals surface area contributed by atoms with Crippen LogP contribution in [0.5, 0.6) is 0 Å². The van der Waals surface area contributed by atoms with Gasteiger partial charge >= 0.3 is 6.18 Å². The van der Waals surface area contributed by atoms with Gasteiger partial charge in [-0.25, -0.2) is 9.97 Å². The van der Waals surface area contributed by atoms with Crippen LogP contribution in [0.1, 0.15) is 45.2 Å². The maximum Gasteiger partial charge on any atom is 0.435 e. The number of anilines is 2. The summed E-state index contributed by atoms with van der Waals surface area (Å²) in [6, 6.07) is 9.55. The molecule has 1 amide bonds. The van der Waals surface area contributed by atoms with E-state index >= 15 is 0 Å². The SMILES string of the molecule is CCc1cc(CNc2nccn2C)c2nccc(N3CCc4c(cc(Cn5ccnc5)cc4-c4cn(C)nc4C(F)(F)F)C3=O)c2c1. The molecule has 0 fully saturated rings. The lowest BCUT2D eigenvalue weighted by Crippen LogP contribution is -2.38. The Balaban J connectivity index is 1.33. The van der Waals surface area contributed by atoms with Crippen molar-refractivity contribution in [3.63, 3.8) is 0 Å². The van der Waals surface area contributed by atoms with Crippen LogP contribution in [0, 0.1) is 0 Å². The Hall–Kier alpha value is -5.46. The monoisotopic (exact) mass is 639 g/mol. The van der Waals surface area contributed by atoms with E-state index in [9.17, 15) is 18.0 Å². The first kappa shape index (κ1) is 30.2. The molecule has 13 heteroatoms. The molecule has 1 aliphatic rings. The fourth-order valence-electron chi connectivity index (χ4n) is 6.37. The first-order valence-corrected chi connectivity index (χ1v) is 15.3. The lowest BCUT2D eigenvalue weighted by atomic mass is 9.87. The Morgan fingerprint density at radius 2 is 1.79 bits per heavy atom. The lowest BCUT2D eigenvalue weighted by molar-refractivity contribution is -0.140. The lowest BCUT2D eigenvalue weighted by Gasteiger charge is -2.31. The van der Waals surface area contributed by atoms with Crippen LogP contribution in [0.2, 0.25) is 0 Å². The van der Waals surface area contributed by atoms with Crippen LogP contribution >= 0.6 is 0 Å². The molecular weight excluding hydrogens is 607 g/mol. The fraction of sp³-hybridized carbons (Fsp3) is 0.265. The van der Waals surface area contributed by atoms with Crippen molar-refractivity contribution >= 4 is 28.4 Å². The number of halogens is 3. The second-order valence-corrected chi connectivity index (χ2v) is 11.7. The molecule has 1 N–H and O–H groups in total. The van der Waals surface area contributed by atoms with E-state index in [0.29, 0.717) is 47.5 Å². The molecule has 0 spiro atoms. The summed E-state index contributed by atoms with van der Waals surface area (Å²) in [7, 11) is 3.38. The molecule has 0 aliphatic carbocycles. The van der Waals surface area contributed by atoms with Crippen LogP contribution in [0.25, 0.3) is 22.0 Å². The van der Waals surface area contributed by atoms with Crippen molar-refractivity contribution in [2.75, 3.05) is 16.8 Å². The van der Waals surface area contributed by atoms with Gasteiger partial charge in [0.15, 0.2) is 5.69 Å². The summed E-state index contributed by atoms with van der Waals surface area (Å²) in [5.41, 5.74) is 4.50. The highest BCUT2D eigenvalue weighted by Crippen LogP contribution is 2.41. The van der Waals surface area contributed by atoms with Gasteiger partial charge in [0.05, 0.1) is 17.5 Å². The summed E-state index contributed by atoms with van der Waals surface area (Å²) in [4.78, 5) is 29.4. The number of hydrogen-bond donors (Lipinski definition) is 1. The van der Waals surface area contributed by atoms with E-state index in [-0.39, 0.29) is 18.0 Å². The molecule has 0 atom stereocenters. The third-order valence-corrected chi connectivity index (χ3v) is 8.60. The summed E-state index contributed by atoms with van der Waals surface area (Å²) in [5.74, 6) is 0.447. The predicted molar refractivity (Wildman–Crippen MR) is 172 cm³/mol. The summed E-state index contributed by atoms with van der Waals surface area (Å²) >= 11 is 0. The number of hydrogen-bond acceptors (Lipinski definition) is 6. The quantitative estimate of drug-likeness (QED) is 0.219. The van der Waals surface area contributed by atoms with E-state index in [0.717, 1.165) is 34.4 Å². The van der Waals surface area contributed by atoms with Crippen molar-refractivity contribution in [2.45, 2.75) is 39.0 Å².